The van der Waals surface area contributed by atoms with Gasteiger partial charge in [-0.3, -0.25) is 0 Å². The summed E-state index contributed by atoms with van der Waals surface area (Å²) < 4.78 is 22.1. The van der Waals surface area contributed by atoms with E-state index in [0.717, 1.165) is 49.0 Å². The van der Waals surface area contributed by atoms with Crippen molar-refractivity contribution in [2.45, 2.75) is 6.54 Å². The van der Waals surface area contributed by atoms with Crippen molar-refractivity contribution in [1.82, 2.24) is 10.6 Å². The van der Waals surface area contributed by atoms with Crippen LogP contribution in [-0.2, 0) is 6.54 Å². The summed E-state index contributed by atoms with van der Waals surface area (Å²) in [5.74, 6) is 3.38. The molecule has 2 aromatic carbocycles. The molecule has 2 aromatic rings. The maximum absolute atomic E-state index is 5.81. The molecule has 0 atom stereocenters. The van der Waals surface area contributed by atoms with Gasteiger partial charge < -0.3 is 29.6 Å². The third kappa shape index (κ3) is 6.26. The van der Waals surface area contributed by atoms with Crippen molar-refractivity contribution in [1.29, 1.82) is 0 Å². The van der Waals surface area contributed by atoms with E-state index < -0.39 is 0 Å². The molecule has 1 aliphatic heterocycles. The van der Waals surface area contributed by atoms with Gasteiger partial charge in [0, 0.05) is 26.2 Å². The van der Waals surface area contributed by atoms with E-state index in [1.807, 2.05) is 24.3 Å². The van der Waals surface area contributed by atoms with Crippen LogP contribution in [-0.4, -0.2) is 47.6 Å². The highest BCUT2D eigenvalue weighted by atomic mass is 16.5. The molecule has 1 saturated heterocycles. The van der Waals surface area contributed by atoms with Crippen LogP contribution in [0.4, 0.5) is 0 Å². The van der Waals surface area contributed by atoms with E-state index in [4.69, 9.17) is 18.9 Å². The van der Waals surface area contributed by atoms with E-state index in [-0.39, 0.29) is 0 Å². The minimum Gasteiger partial charge on any atom is -0.493 e. The topological polar surface area (TPSA) is 61.0 Å². The van der Waals surface area contributed by atoms with Crippen molar-refractivity contribution in [3.05, 3.63) is 59.7 Å². The van der Waals surface area contributed by atoms with Crippen molar-refractivity contribution in [3.63, 3.8) is 0 Å². The van der Waals surface area contributed by atoms with Crippen LogP contribution >= 0.6 is 0 Å². The van der Waals surface area contributed by atoms with E-state index in [1.54, 1.807) is 27.4 Å². The van der Waals surface area contributed by atoms with Gasteiger partial charge in [-0.1, -0.05) is 30.9 Å². The molecule has 0 aliphatic carbocycles. The number of hydrogen-bond acceptors (Lipinski definition) is 6. The zero-order valence-corrected chi connectivity index (χ0v) is 18.6. The van der Waals surface area contributed by atoms with Crippen molar-refractivity contribution in [3.8, 4) is 23.0 Å². The van der Waals surface area contributed by atoms with E-state index in [2.05, 4.69) is 35.4 Å². The van der Waals surface area contributed by atoms with Crippen LogP contribution in [0.15, 0.2) is 43.0 Å². The molecule has 0 saturated carbocycles. The fourth-order valence-corrected chi connectivity index (χ4v) is 3.43. The summed E-state index contributed by atoms with van der Waals surface area (Å²) in [4.78, 5) is 0. The van der Waals surface area contributed by atoms with Crippen molar-refractivity contribution < 1.29 is 18.9 Å². The van der Waals surface area contributed by atoms with Crippen LogP contribution < -0.4 is 29.6 Å². The quantitative estimate of drug-likeness (QED) is 0.400. The molecule has 166 valence electrons. The molecule has 31 heavy (non-hydrogen) atoms. The van der Waals surface area contributed by atoms with Crippen molar-refractivity contribution >= 4 is 12.2 Å². The summed E-state index contributed by atoms with van der Waals surface area (Å²) in [6, 6.07) is 10.1. The Morgan fingerprint density at radius 2 is 1.65 bits per heavy atom. The molecular formula is C25H32N2O4. The summed E-state index contributed by atoms with van der Waals surface area (Å²) in [6.45, 7) is 8.21. The molecule has 0 bridgehead atoms. The highest BCUT2D eigenvalue weighted by molar-refractivity contribution is 5.73. The van der Waals surface area contributed by atoms with Crippen LogP contribution in [0.5, 0.6) is 23.0 Å². The number of rotatable bonds is 12. The van der Waals surface area contributed by atoms with Crippen molar-refractivity contribution in [2.75, 3.05) is 47.6 Å². The van der Waals surface area contributed by atoms with Crippen LogP contribution in [0, 0.1) is 5.92 Å². The zero-order valence-electron chi connectivity index (χ0n) is 18.6. The Balaban J connectivity index is 1.80. The molecule has 0 aromatic heterocycles. The van der Waals surface area contributed by atoms with Crippen LogP contribution in [0.2, 0.25) is 0 Å². The lowest BCUT2D eigenvalue weighted by Crippen LogP contribution is -2.47. The Morgan fingerprint density at radius 1 is 0.968 bits per heavy atom. The van der Waals surface area contributed by atoms with Gasteiger partial charge in [-0.15, -0.1) is 0 Å². The van der Waals surface area contributed by atoms with E-state index >= 15 is 0 Å². The lowest BCUT2D eigenvalue weighted by molar-refractivity contribution is 0.324. The molecule has 3 rings (SSSR count). The largest absolute Gasteiger partial charge is 0.493 e. The highest BCUT2D eigenvalue weighted by Gasteiger charge is 2.15. The average Bonchev–Trinajstić information content (AvgIpc) is 2.77. The summed E-state index contributed by atoms with van der Waals surface area (Å²) in [6.07, 6.45) is 5.83. The minimum atomic E-state index is 0.473. The van der Waals surface area contributed by atoms with Crippen LogP contribution in [0.3, 0.4) is 0 Å². The first-order valence-electron chi connectivity index (χ1n) is 10.4. The van der Waals surface area contributed by atoms with E-state index in [1.165, 1.54) is 5.56 Å². The summed E-state index contributed by atoms with van der Waals surface area (Å²) in [5, 5.41) is 6.85. The van der Waals surface area contributed by atoms with Gasteiger partial charge in [-0.2, -0.15) is 0 Å². The van der Waals surface area contributed by atoms with Crippen molar-refractivity contribution in [2.24, 2.45) is 5.92 Å². The van der Waals surface area contributed by atoms with Gasteiger partial charge in [0.1, 0.15) is 12.4 Å². The second kappa shape index (κ2) is 11.4. The predicted octanol–water partition coefficient (Wildman–Crippen LogP) is 3.76. The molecule has 0 spiro atoms. The van der Waals surface area contributed by atoms with Crippen LogP contribution in [0.1, 0.15) is 16.7 Å². The first-order valence-corrected chi connectivity index (χ1v) is 10.4. The van der Waals surface area contributed by atoms with Gasteiger partial charge in [0.2, 0.25) is 5.75 Å². The average molecular weight is 425 g/mol. The Hall–Kier alpha value is -2.96. The molecule has 1 fully saturated rings. The first kappa shape index (κ1) is 22.7. The number of ether oxygens (including phenoxy) is 4. The molecule has 6 nitrogen and oxygen atoms in total. The second-order valence-corrected chi connectivity index (χ2v) is 7.46. The fraction of sp³-hybridized carbons (Fsp3) is 0.360. The molecule has 1 heterocycles. The molecule has 0 radical (unpaired) electrons. The number of nitrogens with one attached hydrogen (secondary N) is 2. The monoisotopic (exact) mass is 424 g/mol. The maximum atomic E-state index is 5.81. The van der Waals surface area contributed by atoms with Crippen LogP contribution in [0.25, 0.3) is 12.2 Å². The smallest absolute Gasteiger partial charge is 0.203 e. The Kier molecular flexibility index (Phi) is 8.38. The summed E-state index contributed by atoms with van der Waals surface area (Å²) >= 11 is 0. The lowest BCUT2D eigenvalue weighted by Gasteiger charge is -2.27. The van der Waals surface area contributed by atoms with Gasteiger partial charge in [0.15, 0.2) is 11.5 Å². The minimum absolute atomic E-state index is 0.473. The molecule has 2 N–H and O–H groups in total. The summed E-state index contributed by atoms with van der Waals surface area (Å²) in [5.41, 5.74) is 3.18. The molecular weight excluding hydrogens is 392 g/mol. The zero-order chi connectivity index (χ0) is 22.1. The van der Waals surface area contributed by atoms with Gasteiger partial charge >= 0.3 is 0 Å². The SMILES string of the molecule is C=CCOc1cc(/C=C/c2cc(OC)c(OC)c(OC)c2)cc(CNCC2CNC2)c1. The van der Waals surface area contributed by atoms with Gasteiger partial charge in [0.25, 0.3) is 0 Å². The standard InChI is InChI=1S/C25H32N2O4/c1-5-8-31-22-10-18(9-20(11-22)14-26-15-21-16-27-17-21)6-7-19-12-23(28-2)25(30-4)24(13-19)29-3/h5-7,9-13,21,26-27H,1,8,14-17H2,2-4H3/b7-6+. The number of hydrogen-bond donors (Lipinski definition) is 2. The first-order chi connectivity index (χ1) is 15.2. The van der Waals surface area contributed by atoms with Gasteiger partial charge in [-0.25, -0.2) is 0 Å². The molecule has 0 amide bonds. The highest BCUT2D eigenvalue weighted by Crippen LogP contribution is 2.38. The normalized spacial score (nSPS) is 13.6. The number of methoxy groups -OCH3 is 3. The predicted molar refractivity (Wildman–Crippen MR) is 125 cm³/mol. The molecule has 0 unspecified atom stereocenters. The van der Waals surface area contributed by atoms with Gasteiger partial charge in [0.05, 0.1) is 21.3 Å². The van der Waals surface area contributed by atoms with E-state index in [9.17, 15) is 0 Å². The molecule has 6 heteroatoms. The Morgan fingerprint density at radius 3 is 2.19 bits per heavy atom. The maximum Gasteiger partial charge on any atom is 0.203 e. The summed E-state index contributed by atoms with van der Waals surface area (Å²) in [7, 11) is 4.83. The van der Waals surface area contributed by atoms with Gasteiger partial charge in [-0.05, 0) is 46.9 Å². The third-order valence-corrected chi connectivity index (χ3v) is 5.14. The molecule has 1 aliphatic rings. The van der Waals surface area contributed by atoms with E-state index in [0.29, 0.717) is 23.9 Å². The Bertz CT molecular complexity index is 881. The third-order valence-electron chi connectivity index (χ3n) is 5.14. The fourth-order valence-electron chi connectivity index (χ4n) is 3.43. The second-order valence-electron chi connectivity index (χ2n) is 7.46. The lowest BCUT2D eigenvalue weighted by atomic mass is 10.0. The number of benzene rings is 2. The Labute approximate surface area is 184 Å².